The van der Waals surface area contributed by atoms with Gasteiger partial charge in [0, 0.05) is 39.3 Å². The van der Waals surface area contributed by atoms with E-state index in [0.29, 0.717) is 58.7 Å². The molecule has 0 saturated carbocycles. The monoisotopic (exact) mass is 478 g/mol. The molecular formula is C27H34N4O4. The van der Waals surface area contributed by atoms with E-state index in [2.05, 4.69) is 28.4 Å². The van der Waals surface area contributed by atoms with Gasteiger partial charge in [0.05, 0.1) is 19.6 Å². The minimum Gasteiger partial charge on any atom is -0.379 e. The summed E-state index contributed by atoms with van der Waals surface area (Å²) in [6.45, 7) is 7.13. The highest BCUT2D eigenvalue weighted by Gasteiger charge is 2.52. The van der Waals surface area contributed by atoms with Crippen LogP contribution in [0.2, 0.25) is 0 Å². The summed E-state index contributed by atoms with van der Waals surface area (Å²) in [5.74, 6) is -0.0240. The third kappa shape index (κ3) is 4.77. The van der Waals surface area contributed by atoms with Gasteiger partial charge in [-0.05, 0) is 42.0 Å². The Labute approximate surface area is 206 Å². The quantitative estimate of drug-likeness (QED) is 0.644. The Morgan fingerprint density at radius 3 is 2.49 bits per heavy atom. The van der Waals surface area contributed by atoms with Gasteiger partial charge in [-0.25, -0.2) is 4.79 Å². The molecule has 35 heavy (non-hydrogen) atoms. The second kappa shape index (κ2) is 9.95. The Hall–Kier alpha value is -2.97. The molecule has 0 aromatic heterocycles. The number of benzene rings is 2. The van der Waals surface area contributed by atoms with Gasteiger partial charge in [0.15, 0.2) is 0 Å². The number of hydrogen-bond donors (Lipinski definition) is 1. The number of carbonyl (C=O) groups is 3. The lowest BCUT2D eigenvalue weighted by molar-refractivity contribution is -0.135. The van der Waals surface area contributed by atoms with Gasteiger partial charge in [0.2, 0.25) is 5.91 Å². The highest BCUT2D eigenvalue weighted by Crippen LogP contribution is 2.33. The maximum atomic E-state index is 13.3. The zero-order chi connectivity index (χ0) is 24.4. The first-order chi connectivity index (χ1) is 17.0. The van der Waals surface area contributed by atoms with Crippen LogP contribution in [0.3, 0.4) is 0 Å². The molecule has 2 aromatic rings. The van der Waals surface area contributed by atoms with Crippen LogP contribution < -0.4 is 5.32 Å². The summed E-state index contributed by atoms with van der Waals surface area (Å²) in [4.78, 5) is 44.6. The first-order valence-corrected chi connectivity index (χ1v) is 12.6. The maximum absolute atomic E-state index is 13.3. The van der Waals surface area contributed by atoms with Crippen molar-refractivity contribution in [2.75, 3.05) is 52.5 Å². The van der Waals surface area contributed by atoms with E-state index in [4.69, 9.17) is 4.74 Å². The van der Waals surface area contributed by atoms with Crippen LogP contribution in [0, 0.1) is 5.92 Å². The first-order valence-electron chi connectivity index (χ1n) is 12.6. The van der Waals surface area contributed by atoms with E-state index in [1.165, 1.54) is 4.90 Å². The molecule has 3 aliphatic heterocycles. The van der Waals surface area contributed by atoms with E-state index in [1.807, 2.05) is 36.1 Å². The van der Waals surface area contributed by atoms with Crippen LogP contribution in [0.5, 0.6) is 0 Å². The van der Waals surface area contributed by atoms with Crippen molar-refractivity contribution in [2.45, 2.75) is 31.7 Å². The van der Waals surface area contributed by atoms with E-state index in [-0.39, 0.29) is 23.8 Å². The molecule has 4 amide bonds. The topological polar surface area (TPSA) is 82.2 Å². The fraction of sp³-hybridized carbons (Fsp3) is 0.519. The summed E-state index contributed by atoms with van der Waals surface area (Å²) in [6.07, 6.45) is 1.76. The molecule has 0 spiro atoms. The molecule has 0 bridgehead atoms. The first kappa shape index (κ1) is 23.8. The third-order valence-electron chi connectivity index (χ3n) is 7.93. The highest BCUT2D eigenvalue weighted by molar-refractivity contribution is 6.07. The number of morpholine rings is 1. The minimum absolute atomic E-state index is 0.00828. The number of piperidine rings is 1. The number of hydrogen-bond acceptors (Lipinski definition) is 5. The molecule has 8 heteroatoms. The van der Waals surface area contributed by atoms with Gasteiger partial charge in [-0.1, -0.05) is 42.5 Å². The number of rotatable bonds is 6. The van der Waals surface area contributed by atoms with Gasteiger partial charge in [-0.3, -0.25) is 19.4 Å². The summed E-state index contributed by atoms with van der Waals surface area (Å²) < 4.78 is 5.37. The molecule has 2 aromatic carbocycles. The van der Waals surface area contributed by atoms with Crippen molar-refractivity contribution in [3.63, 3.8) is 0 Å². The van der Waals surface area contributed by atoms with Gasteiger partial charge < -0.3 is 15.0 Å². The average molecular weight is 479 g/mol. The largest absolute Gasteiger partial charge is 0.379 e. The Kier molecular flexibility index (Phi) is 6.75. The van der Waals surface area contributed by atoms with E-state index in [1.54, 1.807) is 0 Å². The molecule has 3 fully saturated rings. The van der Waals surface area contributed by atoms with Crippen molar-refractivity contribution in [2.24, 2.45) is 5.92 Å². The predicted octanol–water partition coefficient (Wildman–Crippen LogP) is 2.26. The smallest absolute Gasteiger partial charge is 0.325 e. The van der Waals surface area contributed by atoms with E-state index < -0.39 is 5.54 Å². The zero-order valence-corrected chi connectivity index (χ0v) is 20.4. The molecule has 3 saturated heterocycles. The number of ether oxygens (including phenoxy) is 1. The van der Waals surface area contributed by atoms with Crippen molar-refractivity contribution < 1.29 is 19.1 Å². The molecular weight excluding hydrogens is 444 g/mol. The van der Waals surface area contributed by atoms with E-state index in [0.717, 1.165) is 29.4 Å². The summed E-state index contributed by atoms with van der Waals surface area (Å²) in [5.41, 5.74) is 0.128. The summed E-state index contributed by atoms with van der Waals surface area (Å²) >= 11 is 0. The number of nitrogens with zero attached hydrogens (tertiary/aromatic N) is 3. The molecule has 5 rings (SSSR count). The highest BCUT2D eigenvalue weighted by atomic mass is 16.5. The van der Waals surface area contributed by atoms with Gasteiger partial charge in [0.25, 0.3) is 5.91 Å². The SMILES string of the molecule is C[C@]1(C2CCN(C(=O)Cc3cccc4ccccc34)CC2)NC(=O)N(CCN2CCOCC2)C1=O. The van der Waals surface area contributed by atoms with E-state index >= 15 is 0 Å². The molecule has 3 heterocycles. The number of likely N-dealkylation sites (tertiary alicyclic amines) is 1. The molecule has 8 nitrogen and oxygen atoms in total. The lowest BCUT2D eigenvalue weighted by atomic mass is 9.78. The van der Waals surface area contributed by atoms with Gasteiger partial charge >= 0.3 is 6.03 Å². The van der Waals surface area contributed by atoms with Gasteiger partial charge in [-0.15, -0.1) is 0 Å². The van der Waals surface area contributed by atoms with Crippen molar-refractivity contribution in [3.05, 3.63) is 48.0 Å². The Morgan fingerprint density at radius 1 is 1.00 bits per heavy atom. The summed E-state index contributed by atoms with van der Waals surface area (Å²) in [6, 6.07) is 13.9. The zero-order valence-electron chi connectivity index (χ0n) is 20.4. The second-order valence-corrected chi connectivity index (χ2v) is 10.0. The number of imide groups is 1. The van der Waals surface area contributed by atoms with Crippen molar-refractivity contribution in [1.82, 2.24) is 20.0 Å². The van der Waals surface area contributed by atoms with Crippen LogP contribution in [0.4, 0.5) is 4.79 Å². The number of carbonyl (C=O) groups excluding carboxylic acids is 3. The molecule has 186 valence electrons. The maximum Gasteiger partial charge on any atom is 0.325 e. The van der Waals surface area contributed by atoms with Crippen LogP contribution in [-0.4, -0.2) is 90.6 Å². The molecule has 0 aliphatic carbocycles. The minimum atomic E-state index is -0.910. The lowest BCUT2D eigenvalue weighted by Gasteiger charge is -2.39. The normalized spacial score (nSPS) is 24.3. The Balaban J connectivity index is 1.17. The van der Waals surface area contributed by atoms with Crippen LogP contribution in [0.15, 0.2) is 42.5 Å². The number of nitrogens with one attached hydrogen (secondary N) is 1. The molecule has 1 atom stereocenters. The molecule has 1 N–H and O–H groups in total. The van der Waals surface area contributed by atoms with Crippen molar-refractivity contribution in [1.29, 1.82) is 0 Å². The standard InChI is InChI=1S/C27H34N4O4/c1-27(25(33)31(26(34)28-27)14-13-29-15-17-35-18-16-29)22-9-11-30(12-10-22)24(32)19-21-7-4-6-20-5-2-3-8-23(20)21/h2-8,22H,9-19H2,1H3,(H,28,34)/t27-/m1/s1. The van der Waals surface area contributed by atoms with Crippen molar-refractivity contribution in [3.8, 4) is 0 Å². The third-order valence-corrected chi connectivity index (χ3v) is 7.93. The van der Waals surface area contributed by atoms with Gasteiger partial charge in [0.1, 0.15) is 5.54 Å². The van der Waals surface area contributed by atoms with Crippen LogP contribution in [-0.2, 0) is 20.7 Å². The van der Waals surface area contributed by atoms with Gasteiger partial charge in [-0.2, -0.15) is 0 Å². The van der Waals surface area contributed by atoms with E-state index in [9.17, 15) is 14.4 Å². The predicted molar refractivity (Wildman–Crippen MR) is 133 cm³/mol. The molecule has 0 radical (unpaired) electrons. The Bertz CT molecular complexity index is 1100. The number of fused-ring (bicyclic) bond motifs is 1. The molecule has 0 unspecified atom stereocenters. The fourth-order valence-electron chi connectivity index (χ4n) is 5.69. The Morgan fingerprint density at radius 2 is 1.71 bits per heavy atom. The number of amides is 4. The second-order valence-electron chi connectivity index (χ2n) is 10.0. The summed E-state index contributed by atoms with van der Waals surface area (Å²) in [7, 11) is 0. The summed E-state index contributed by atoms with van der Waals surface area (Å²) in [5, 5.41) is 5.23. The van der Waals surface area contributed by atoms with Crippen LogP contribution in [0.1, 0.15) is 25.3 Å². The number of urea groups is 1. The van der Waals surface area contributed by atoms with Crippen molar-refractivity contribution >= 4 is 28.6 Å². The fourth-order valence-corrected chi connectivity index (χ4v) is 5.69. The average Bonchev–Trinajstić information content (AvgIpc) is 3.11. The van der Waals surface area contributed by atoms with Crippen LogP contribution in [0.25, 0.3) is 10.8 Å². The lowest BCUT2D eigenvalue weighted by Crippen LogP contribution is -2.54. The molecule has 3 aliphatic rings. The van der Waals surface area contributed by atoms with Crippen LogP contribution >= 0.6 is 0 Å².